The Balaban J connectivity index is 2.35. The number of amidine groups is 1. The Morgan fingerprint density at radius 1 is 1.78 bits per heavy atom. The lowest BCUT2D eigenvalue weighted by Crippen LogP contribution is -2.35. The summed E-state index contributed by atoms with van der Waals surface area (Å²) in [5.41, 5.74) is 0. The van der Waals surface area contributed by atoms with Gasteiger partial charge in [0.2, 0.25) is 0 Å². The van der Waals surface area contributed by atoms with Gasteiger partial charge in [-0.25, -0.2) is 0 Å². The molecule has 1 saturated heterocycles. The summed E-state index contributed by atoms with van der Waals surface area (Å²) in [7, 11) is 1.82. The van der Waals surface area contributed by atoms with Gasteiger partial charge in [-0.3, -0.25) is 4.99 Å². The third-order valence-corrected chi connectivity index (χ3v) is 1.97. The Kier molecular flexibility index (Phi) is 2.39. The van der Waals surface area contributed by atoms with E-state index in [4.69, 9.17) is 0 Å². The number of nitrogens with one attached hydrogen (secondary N) is 1. The molecule has 1 aliphatic rings. The molecule has 0 bridgehead atoms. The first-order valence-electron chi connectivity index (χ1n) is 3.20. The van der Waals surface area contributed by atoms with Crippen LogP contribution in [-0.2, 0) is 0 Å². The summed E-state index contributed by atoms with van der Waals surface area (Å²) in [5.74, 6) is 1.13. The number of nitrogens with zero attached hydrogens (tertiary/aromatic N) is 1. The van der Waals surface area contributed by atoms with Crippen molar-refractivity contribution in [3.63, 3.8) is 0 Å². The van der Waals surface area contributed by atoms with Crippen molar-refractivity contribution >= 4 is 18.5 Å². The molecular formula is C6H12N2S. The van der Waals surface area contributed by atoms with E-state index in [0.29, 0.717) is 5.25 Å². The quantitative estimate of drug-likeness (QED) is 0.480. The van der Waals surface area contributed by atoms with Crippen molar-refractivity contribution < 1.29 is 0 Å². The minimum Gasteiger partial charge on any atom is -0.373 e. The molecule has 1 rings (SSSR count). The van der Waals surface area contributed by atoms with E-state index in [9.17, 15) is 0 Å². The number of hydrogen-bond donors (Lipinski definition) is 2. The number of aliphatic imine (C=N–C) groups is 1. The molecule has 2 nitrogen and oxygen atoms in total. The van der Waals surface area contributed by atoms with E-state index < -0.39 is 0 Å². The van der Waals surface area contributed by atoms with Gasteiger partial charge in [0.05, 0.1) is 5.84 Å². The van der Waals surface area contributed by atoms with Gasteiger partial charge in [-0.1, -0.05) is 0 Å². The zero-order chi connectivity index (χ0) is 6.69. The summed E-state index contributed by atoms with van der Waals surface area (Å²) in [5, 5.41) is 3.72. The van der Waals surface area contributed by atoms with Crippen LogP contribution in [0, 0.1) is 0 Å². The van der Waals surface area contributed by atoms with Gasteiger partial charge in [0.1, 0.15) is 0 Å². The third kappa shape index (κ3) is 1.90. The molecule has 0 amide bonds. The number of piperidine rings is 1. The summed E-state index contributed by atoms with van der Waals surface area (Å²) in [6, 6.07) is 0. The van der Waals surface area contributed by atoms with Crippen molar-refractivity contribution in [3.05, 3.63) is 0 Å². The van der Waals surface area contributed by atoms with Crippen molar-refractivity contribution in [1.29, 1.82) is 0 Å². The number of thiol groups is 1. The first-order valence-corrected chi connectivity index (χ1v) is 3.72. The van der Waals surface area contributed by atoms with Crippen LogP contribution in [0.25, 0.3) is 0 Å². The zero-order valence-corrected chi connectivity index (χ0v) is 6.49. The first kappa shape index (κ1) is 6.93. The molecule has 1 unspecified atom stereocenters. The average Bonchev–Trinajstić information content (AvgIpc) is 1.90. The lowest BCUT2D eigenvalue weighted by molar-refractivity contribution is 0.687. The van der Waals surface area contributed by atoms with E-state index >= 15 is 0 Å². The molecule has 1 atom stereocenters. The maximum absolute atomic E-state index is 4.32. The Morgan fingerprint density at radius 2 is 2.56 bits per heavy atom. The standard InChI is InChI=1S/C6H12N2S/c1-7-6-3-2-5(9)4-8-6/h5,9H,2-4H2,1H3,(H,7,8). The predicted octanol–water partition coefficient (Wildman–Crippen LogP) is 0.697. The maximum atomic E-state index is 4.32. The summed E-state index contributed by atoms with van der Waals surface area (Å²) in [4.78, 5) is 4.05. The first-order chi connectivity index (χ1) is 4.33. The van der Waals surface area contributed by atoms with E-state index in [0.717, 1.165) is 25.2 Å². The van der Waals surface area contributed by atoms with Crippen LogP contribution >= 0.6 is 12.6 Å². The minimum absolute atomic E-state index is 0.524. The van der Waals surface area contributed by atoms with Crippen LogP contribution in [0.15, 0.2) is 4.99 Å². The molecule has 0 aromatic rings. The third-order valence-electron chi connectivity index (χ3n) is 1.53. The highest BCUT2D eigenvalue weighted by Gasteiger charge is 2.11. The van der Waals surface area contributed by atoms with Crippen LogP contribution in [-0.4, -0.2) is 24.7 Å². The fourth-order valence-corrected chi connectivity index (χ4v) is 1.14. The largest absolute Gasteiger partial charge is 0.373 e. The topological polar surface area (TPSA) is 24.4 Å². The Bertz CT molecular complexity index is 112. The molecule has 0 saturated carbocycles. The fourth-order valence-electron chi connectivity index (χ4n) is 0.920. The van der Waals surface area contributed by atoms with E-state index in [1.165, 1.54) is 0 Å². The maximum Gasteiger partial charge on any atom is 0.0960 e. The lowest BCUT2D eigenvalue weighted by atomic mass is 10.1. The van der Waals surface area contributed by atoms with Gasteiger partial charge in [0.15, 0.2) is 0 Å². The van der Waals surface area contributed by atoms with E-state index in [2.05, 4.69) is 22.9 Å². The summed E-state index contributed by atoms with van der Waals surface area (Å²) in [6.07, 6.45) is 2.22. The lowest BCUT2D eigenvalue weighted by Gasteiger charge is -2.20. The van der Waals surface area contributed by atoms with Gasteiger partial charge in [0, 0.05) is 25.3 Å². The van der Waals surface area contributed by atoms with Crippen molar-refractivity contribution in [1.82, 2.24) is 5.32 Å². The SMILES string of the molecule is CN=C1CCC(S)CN1. The highest BCUT2D eigenvalue weighted by Crippen LogP contribution is 2.08. The molecule has 0 aromatic heterocycles. The predicted molar refractivity (Wildman–Crippen MR) is 43.4 cm³/mol. The molecule has 1 aliphatic heterocycles. The van der Waals surface area contributed by atoms with Gasteiger partial charge in [-0.15, -0.1) is 0 Å². The van der Waals surface area contributed by atoms with Crippen molar-refractivity contribution in [2.24, 2.45) is 4.99 Å². The van der Waals surface area contributed by atoms with Gasteiger partial charge in [-0.05, 0) is 6.42 Å². The van der Waals surface area contributed by atoms with Crippen LogP contribution in [0.2, 0.25) is 0 Å². The molecule has 52 valence electrons. The summed E-state index contributed by atoms with van der Waals surface area (Å²) >= 11 is 4.32. The molecule has 1 N–H and O–H groups in total. The van der Waals surface area contributed by atoms with Crippen molar-refractivity contribution in [3.8, 4) is 0 Å². The molecule has 0 aromatic carbocycles. The smallest absolute Gasteiger partial charge is 0.0960 e. The van der Waals surface area contributed by atoms with Crippen molar-refractivity contribution in [2.45, 2.75) is 18.1 Å². The molecule has 1 fully saturated rings. The van der Waals surface area contributed by atoms with Crippen LogP contribution < -0.4 is 5.32 Å². The van der Waals surface area contributed by atoms with E-state index in [-0.39, 0.29) is 0 Å². The summed E-state index contributed by atoms with van der Waals surface area (Å²) in [6.45, 7) is 0.968. The van der Waals surface area contributed by atoms with Gasteiger partial charge in [0.25, 0.3) is 0 Å². The highest BCUT2D eigenvalue weighted by molar-refractivity contribution is 7.81. The fraction of sp³-hybridized carbons (Fsp3) is 0.833. The summed E-state index contributed by atoms with van der Waals surface area (Å²) < 4.78 is 0. The normalized spacial score (nSPS) is 32.2. The Hall–Kier alpha value is -0.180. The minimum atomic E-state index is 0.524. The molecule has 9 heavy (non-hydrogen) atoms. The molecule has 0 radical (unpaired) electrons. The number of rotatable bonds is 0. The van der Waals surface area contributed by atoms with Crippen LogP contribution in [0.1, 0.15) is 12.8 Å². The monoisotopic (exact) mass is 144 g/mol. The second-order valence-corrected chi connectivity index (χ2v) is 2.97. The van der Waals surface area contributed by atoms with Crippen molar-refractivity contribution in [2.75, 3.05) is 13.6 Å². The van der Waals surface area contributed by atoms with Gasteiger partial charge >= 0.3 is 0 Å². The van der Waals surface area contributed by atoms with Crippen LogP contribution in [0.3, 0.4) is 0 Å². The molecular weight excluding hydrogens is 132 g/mol. The van der Waals surface area contributed by atoms with Crippen LogP contribution in [0.5, 0.6) is 0 Å². The number of hydrogen-bond acceptors (Lipinski definition) is 2. The van der Waals surface area contributed by atoms with E-state index in [1.807, 2.05) is 7.05 Å². The van der Waals surface area contributed by atoms with Gasteiger partial charge < -0.3 is 5.32 Å². The van der Waals surface area contributed by atoms with E-state index in [1.54, 1.807) is 0 Å². The second-order valence-electron chi connectivity index (χ2n) is 2.24. The Labute approximate surface area is 61.2 Å². The average molecular weight is 144 g/mol. The molecule has 0 spiro atoms. The highest BCUT2D eigenvalue weighted by atomic mass is 32.1. The Morgan fingerprint density at radius 3 is 3.00 bits per heavy atom. The molecule has 3 heteroatoms. The van der Waals surface area contributed by atoms with Gasteiger partial charge in [-0.2, -0.15) is 12.6 Å². The van der Waals surface area contributed by atoms with Crippen LogP contribution in [0.4, 0.5) is 0 Å². The molecule has 0 aliphatic carbocycles. The zero-order valence-electron chi connectivity index (χ0n) is 5.59. The molecule has 1 heterocycles. The second kappa shape index (κ2) is 3.11.